The van der Waals surface area contributed by atoms with Gasteiger partial charge in [0.05, 0.1) is 10.1 Å². The van der Waals surface area contributed by atoms with E-state index < -0.39 is 6.04 Å². The standard InChI is InChI=1S/C19H20N2O2S/c1-4-16(18(22)20-15-11-12(2)9-10-13(15)3)21-19(23)14-7-5-6-8-17(14)24-21/h5-11,16H,4H2,1-3H3,(H,20,22). The Labute approximate surface area is 144 Å². The predicted molar refractivity (Wildman–Crippen MR) is 100.0 cm³/mol. The topological polar surface area (TPSA) is 51.1 Å². The molecule has 0 spiro atoms. The van der Waals surface area contributed by atoms with E-state index in [4.69, 9.17) is 0 Å². The van der Waals surface area contributed by atoms with Gasteiger partial charge in [-0.15, -0.1) is 0 Å². The first-order valence-corrected chi connectivity index (χ1v) is 8.77. The fourth-order valence-corrected chi connectivity index (χ4v) is 3.90. The maximum atomic E-state index is 12.8. The van der Waals surface area contributed by atoms with Gasteiger partial charge in [0, 0.05) is 5.69 Å². The number of nitrogens with zero attached hydrogens (tertiary/aromatic N) is 1. The zero-order chi connectivity index (χ0) is 17.3. The molecule has 1 N–H and O–H groups in total. The zero-order valence-electron chi connectivity index (χ0n) is 14.0. The molecule has 0 radical (unpaired) electrons. The van der Waals surface area contributed by atoms with Crippen LogP contribution in [0, 0.1) is 13.8 Å². The summed E-state index contributed by atoms with van der Waals surface area (Å²) in [6, 6.07) is 12.9. The van der Waals surface area contributed by atoms with Gasteiger partial charge in [0.15, 0.2) is 0 Å². The number of aromatic nitrogens is 1. The molecule has 0 bridgehead atoms. The number of amides is 1. The third-order valence-electron chi connectivity index (χ3n) is 4.14. The maximum Gasteiger partial charge on any atom is 0.269 e. The highest BCUT2D eigenvalue weighted by Gasteiger charge is 2.23. The van der Waals surface area contributed by atoms with Crippen LogP contribution in [-0.2, 0) is 4.79 Å². The van der Waals surface area contributed by atoms with Crippen LogP contribution in [0.2, 0.25) is 0 Å². The summed E-state index contributed by atoms with van der Waals surface area (Å²) in [4.78, 5) is 25.4. The van der Waals surface area contributed by atoms with Crippen molar-refractivity contribution in [1.82, 2.24) is 3.96 Å². The smallest absolute Gasteiger partial charge is 0.269 e. The highest BCUT2D eigenvalue weighted by atomic mass is 32.1. The fourth-order valence-electron chi connectivity index (χ4n) is 2.74. The van der Waals surface area contributed by atoms with Crippen LogP contribution in [0.25, 0.3) is 10.1 Å². The van der Waals surface area contributed by atoms with Gasteiger partial charge in [-0.05, 0) is 49.6 Å². The number of nitrogens with one attached hydrogen (secondary N) is 1. The molecule has 1 atom stereocenters. The summed E-state index contributed by atoms with van der Waals surface area (Å²) < 4.78 is 2.49. The average molecular weight is 340 g/mol. The lowest BCUT2D eigenvalue weighted by Gasteiger charge is -2.16. The van der Waals surface area contributed by atoms with E-state index in [1.807, 2.05) is 57.2 Å². The van der Waals surface area contributed by atoms with Crippen molar-refractivity contribution in [2.45, 2.75) is 33.2 Å². The highest BCUT2D eigenvalue weighted by Crippen LogP contribution is 2.24. The van der Waals surface area contributed by atoms with Crippen LogP contribution in [-0.4, -0.2) is 9.86 Å². The first-order valence-electron chi connectivity index (χ1n) is 8.00. The monoisotopic (exact) mass is 340 g/mol. The number of anilines is 1. The van der Waals surface area contributed by atoms with Crippen molar-refractivity contribution < 1.29 is 4.79 Å². The molecule has 1 aromatic heterocycles. The second-order valence-corrected chi connectivity index (χ2v) is 6.97. The van der Waals surface area contributed by atoms with Gasteiger partial charge in [0.25, 0.3) is 5.56 Å². The molecule has 0 aliphatic rings. The number of aryl methyl sites for hydroxylation is 2. The van der Waals surface area contributed by atoms with Crippen LogP contribution in [0.15, 0.2) is 47.3 Å². The Balaban J connectivity index is 1.95. The molecule has 5 heteroatoms. The van der Waals surface area contributed by atoms with Crippen molar-refractivity contribution >= 4 is 33.2 Å². The zero-order valence-corrected chi connectivity index (χ0v) is 14.8. The molecule has 1 unspecified atom stereocenters. The Morgan fingerprint density at radius 3 is 2.67 bits per heavy atom. The second kappa shape index (κ2) is 6.61. The lowest BCUT2D eigenvalue weighted by Crippen LogP contribution is -2.30. The van der Waals surface area contributed by atoms with Gasteiger partial charge in [0.2, 0.25) is 5.91 Å². The molecule has 3 aromatic rings. The van der Waals surface area contributed by atoms with E-state index in [1.165, 1.54) is 11.5 Å². The number of fused-ring (bicyclic) bond motifs is 1. The minimum Gasteiger partial charge on any atom is -0.324 e. The number of carbonyl (C=O) groups is 1. The third kappa shape index (κ3) is 2.99. The van der Waals surface area contributed by atoms with Gasteiger partial charge in [0.1, 0.15) is 6.04 Å². The first kappa shape index (κ1) is 16.5. The van der Waals surface area contributed by atoms with E-state index in [0.29, 0.717) is 11.8 Å². The number of benzene rings is 2. The van der Waals surface area contributed by atoms with E-state index in [-0.39, 0.29) is 11.5 Å². The van der Waals surface area contributed by atoms with Crippen molar-refractivity contribution in [2.24, 2.45) is 0 Å². The van der Waals surface area contributed by atoms with Crippen LogP contribution < -0.4 is 10.9 Å². The SMILES string of the molecule is CCC(C(=O)Nc1cc(C)ccc1C)n1sc2ccccc2c1=O. The molecule has 1 heterocycles. The lowest BCUT2D eigenvalue weighted by atomic mass is 10.1. The van der Waals surface area contributed by atoms with Crippen LogP contribution in [0.3, 0.4) is 0 Å². The van der Waals surface area contributed by atoms with Gasteiger partial charge < -0.3 is 5.32 Å². The Kier molecular flexibility index (Phi) is 4.53. The molecule has 0 aliphatic heterocycles. The van der Waals surface area contributed by atoms with Gasteiger partial charge >= 0.3 is 0 Å². The molecule has 4 nitrogen and oxygen atoms in total. The summed E-state index contributed by atoms with van der Waals surface area (Å²) in [5, 5.41) is 3.65. The Morgan fingerprint density at radius 1 is 1.21 bits per heavy atom. The molecule has 0 fully saturated rings. The number of hydrogen-bond donors (Lipinski definition) is 1. The van der Waals surface area contributed by atoms with Crippen LogP contribution in [0.4, 0.5) is 5.69 Å². The molecule has 24 heavy (non-hydrogen) atoms. The number of rotatable bonds is 4. The third-order valence-corrected chi connectivity index (χ3v) is 5.31. The largest absolute Gasteiger partial charge is 0.324 e. The molecule has 124 valence electrons. The summed E-state index contributed by atoms with van der Waals surface area (Å²) in [6.45, 7) is 5.87. The molecule has 0 saturated heterocycles. The molecule has 2 aromatic carbocycles. The summed E-state index contributed by atoms with van der Waals surface area (Å²) in [5.74, 6) is -0.153. The van der Waals surface area contributed by atoms with E-state index >= 15 is 0 Å². The van der Waals surface area contributed by atoms with Gasteiger partial charge in [-0.25, -0.2) is 0 Å². The summed E-state index contributed by atoms with van der Waals surface area (Å²) in [6.07, 6.45) is 0.559. The van der Waals surface area contributed by atoms with Crippen molar-refractivity contribution in [3.63, 3.8) is 0 Å². The molecular formula is C19H20N2O2S. The van der Waals surface area contributed by atoms with Gasteiger partial charge in [-0.2, -0.15) is 0 Å². The Hall–Kier alpha value is -2.40. The molecular weight excluding hydrogens is 320 g/mol. The summed E-state index contributed by atoms with van der Waals surface area (Å²) >= 11 is 1.35. The highest BCUT2D eigenvalue weighted by molar-refractivity contribution is 7.14. The fraction of sp³-hybridized carbons (Fsp3) is 0.263. The summed E-state index contributed by atoms with van der Waals surface area (Å²) in [7, 11) is 0. The van der Waals surface area contributed by atoms with Crippen molar-refractivity contribution in [2.75, 3.05) is 5.32 Å². The Bertz CT molecular complexity index is 955. The minimum atomic E-state index is -0.505. The van der Waals surface area contributed by atoms with E-state index in [0.717, 1.165) is 21.5 Å². The molecule has 0 saturated carbocycles. The molecule has 3 rings (SSSR count). The molecule has 1 amide bonds. The normalized spacial score (nSPS) is 12.3. The average Bonchev–Trinajstić information content (AvgIpc) is 2.89. The lowest BCUT2D eigenvalue weighted by molar-refractivity contribution is -0.119. The first-order chi connectivity index (χ1) is 11.5. The molecule has 0 aliphatic carbocycles. The van der Waals surface area contributed by atoms with Crippen LogP contribution in [0.5, 0.6) is 0 Å². The van der Waals surface area contributed by atoms with Gasteiger partial charge in [-0.1, -0.05) is 42.7 Å². The minimum absolute atomic E-state index is 0.0986. The predicted octanol–water partition coefficient (Wildman–Crippen LogP) is 4.27. The Morgan fingerprint density at radius 2 is 1.96 bits per heavy atom. The van der Waals surface area contributed by atoms with E-state index in [1.54, 1.807) is 10.0 Å². The van der Waals surface area contributed by atoms with Crippen LogP contribution >= 0.6 is 11.5 Å². The maximum absolute atomic E-state index is 12.8. The van der Waals surface area contributed by atoms with Crippen LogP contribution in [0.1, 0.15) is 30.5 Å². The number of hydrogen-bond acceptors (Lipinski definition) is 3. The van der Waals surface area contributed by atoms with E-state index in [2.05, 4.69) is 5.32 Å². The second-order valence-electron chi connectivity index (χ2n) is 5.95. The van der Waals surface area contributed by atoms with Crippen molar-refractivity contribution in [1.29, 1.82) is 0 Å². The van der Waals surface area contributed by atoms with Crippen molar-refractivity contribution in [3.8, 4) is 0 Å². The number of carbonyl (C=O) groups excluding carboxylic acids is 1. The summed E-state index contributed by atoms with van der Waals surface area (Å²) in [5.41, 5.74) is 2.79. The quantitative estimate of drug-likeness (QED) is 0.771. The van der Waals surface area contributed by atoms with Gasteiger partial charge in [-0.3, -0.25) is 13.5 Å². The van der Waals surface area contributed by atoms with E-state index in [9.17, 15) is 9.59 Å². The van der Waals surface area contributed by atoms with Crippen molar-refractivity contribution in [3.05, 3.63) is 63.9 Å².